The molecule has 3 N–H and O–H groups in total. The second-order valence-corrected chi connectivity index (χ2v) is 11.3. The zero-order valence-corrected chi connectivity index (χ0v) is 22.6. The normalized spacial score (nSPS) is 13.2. The lowest BCUT2D eigenvalue weighted by molar-refractivity contribution is -0.139. The number of carbonyl (C=O) groups is 2. The van der Waals surface area contributed by atoms with Crippen molar-refractivity contribution < 1.29 is 32.6 Å². The van der Waals surface area contributed by atoms with Gasteiger partial charge < -0.3 is 19.9 Å². The van der Waals surface area contributed by atoms with Gasteiger partial charge in [-0.2, -0.15) is 0 Å². The van der Waals surface area contributed by atoms with Crippen molar-refractivity contribution in [2.45, 2.75) is 17.4 Å². The van der Waals surface area contributed by atoms with Gasteiger partial charge in [-0.1, -0.05) is 35.3 Å². The van der Waals surface area contributed by atoms with Gasteiger partial charge in [0.25, 0.3) is 15.9 Å². The predicted molar refractivity (Wildman–Crippen MR) is 142 cm³/mol. The van der Waals surface area contributed by atoms with Crippen LogP contribution in [0.3, 0.4) is 0 Å². The first kappa shape index (κ1) is 26.3. The summed E-state index contributed by atoms with van der Waals surface area (Å²) in [4.78, 5) is 24.8. The zero-order chi connectivity index (χ0) is 26.0. The Hall–Kier alpha value is -2.74. The van der Waals surface area contributed by atoms with Gasteiger partial charge in [-0.25, -0.2) is 13.2 Å². The van der Waals surface area contributed by atoms with Gasteiger partial charge in [0.2, 0.25) is 6.79 Å². The fraction of sp³-hybridized carbons (Fsp3) is 0.130. The third-order valence-electron chi connectivity index (χ3n) is 5.15. The first-order chi connectivity index (χ1) is 17.0. The average molecular weight is 663 g/mol. The Bertz CT molecular complexity index is 1470. The van der Waals surface area contributed by atoms with E-state index in [1.807, 2.05) is 22.6 Å². The van der Waals surface area contributed by atoms with Crippen LogP contribution in [0.15, 0.2) is 59.5 Å². The van der Waals surface area contributed by atoms with Crippen LogP contribution in [0.4, 0.5) is 5.69 Å². The van der Waals surface area contributed by atoms with Crippen molar-refractivity contribution in [2.75, 3.05) is 11.5 Å². The lowest BCUT2D eigenvalue weighted by atomic mass is 10.1. The van der Waals surface area contributed by atoms with E-state index < -0.39 is 27.9 Å². The van der Waals surface area contributed by atoms with Crippen molar-refractivity contribution in [3.63, 3.8) is 0 Å². The van der Waals surface area contributed by atoms with Crippen LogP contribution in [0.25, 0.3) is 0 Å². The van der Waals surface area contributed by atoms with Gasteiger partial charge in [0.1, 0.15) is 10.9 Å². The predicted octanol–water partition coefficient (Wildman–Crippen LogP) is 4.55. The molecule has 0 saturated heterocycles. The quantitative estimate of drug-likeness (QED) is 0.302. The minimum absolute atomic E-state index is 0.0328. The molecule has 0 aliphatic carbocycles. The third-order valence-corrected chi connectivity index (χ3v) is 7.95. The van der Waals surface area contributed by atoms with E-state index in [9.17, 15) is 23.1 Å². The molecule has 1 aliphatic heterocycles. The van der Waals surface area contributed by atoms with E-state index in [1.165, 1.54) is 36.4 Å². The Morgan fingerprint density at radius 3 is 2.56 bits per heavy atom. The fourth-order valence-electron chi connectivity index (χ4n) is 3.45. The van der Waals surface area contributed by atoms with Crippen LogP contribution in [0.1, 0.15) is 15.9 Å². The molecule has 0 saturated carbocycles. The summed E-state index contributed by atoms with van der Waals surface area (Å²) in [6.45, 7) is -0.117. The van der Waals surface area contributed by atoms with Crippen LogP contribution in [0.2, 0.25) is 10.0 Å². The van der Waals surface area contributed by atoms with Gasteiger partial charge in [-0.15, -0.1) is 0 Å². The van der Waals surface area contributed by atoms with Crippen LogP contribution in [0, 0.1) is 3.57 Å². The van der Waals surface area contributed by atoms with Crippen molar-refractivity contribution in [3.8, 4) is 11.5 Å². The van der Waals surface area contributed by atoms with E-state index in [1.54, 1.807) is 18.2 Å². The molecule has 0 aromatic heterocycles. The van der Waals surface area contributed by atoms with Crippen LogP contribution in [-0.2, 0) is 21.2 Å². The minimum atomic E-state index is -4.20. The molecule has 13 heteroatoms. The number of carbonyl (C=O) groups excluding carboxylic acids is 1. The Labute approximate surface area is 229 Å². The number of carboxylic acids is 1. The van der Waals surface area contributed by atoms with E-state index in [-0.39, 0.29) is 45.9 Å². The molecule has 0 radical (unpaired) electrons. The number of rotatable bonds is 8. The summed E-state index contributed by atoms with van der Waals surface area (Å²) in [5.41, 5.74) is 0.444. The minimum Gasteiger partial charge on any atom is -0.480 e. The first-order valence-electron chi connectivity index (χ1n) is 10.2. The number of hydrogen-bond acceptors (Lipinski definition) is 6. The Morgan fingerprint density at radius 1 is 1.06 bits per heavy atom. The summed E-state index contributed by atoms with van der Waals surface area (Å²) in [6, 6.07) is 12.2. The highest BCUT2D eigenvalue weighted by Gasteiger charge is 2.29. The Balaban J connectivity index is 1.60. The number of ether oxygens (including phenoxy) is 2. The molecule has 0 fully saturated rings. The molecule has 36 heavy (non-hydrogen) atoms. The summed E-state index contributed by atoms with van der Waals surface area (Å²) < 4.78 is 40.0. The summed E-state index contributed by atoms with van der Waals surface area (Å²) in [5, 5.41) is 12.7. The molecule has 1 heterocycles. The molecule has 188 valence electrons. The van der Waals surface area contributed by atoms with Crippen LogP contribution in [-0.4, -0.2) is 38.2 Å². The van der Waals surface area contributed by atoms with Gasteiger partial charge in [-0.05, 0) is 70.6 Å². The molecule has 1 atom stereocenters. The molecule has 9 nitrogen and oxygen atoms in total. The number of nitrogens with one attached hydrogen (secondary N) is 2. The number of aliphatic carboxylic acids is 1. The number of para-hydroxylation sites is 1. The average Bonchev–Trinajstić information content (AvgIpc) is 3.29. The summed E-state index contributed by atoms with van der Waals surface area (Å²) in [5.74, 6) is -1.72. The van der Waals surface area contributed by atoms with E-state index in [0.29, 0.717) is 14.2 Å². The molecule has 4 rings (SSSR count). The molecular formula is C23H17Cl2IN2O7S. The smallest absolute Gasteiger partial charge is 0.326 e. The van der Waals surface area contributed by atoms with Crippen LogP contribution >= 0.6 is 45.8 Å². The van der Waals surface area contributed by atoms with Crippen LogP contribution < -0.4 is 19.5 Å². The topological polar surface area (TPSA) is 131 Å². The lowest BCUT2D eigenvalue weighted by Gasteiger charge is -2.18. The molecule has 0 bridgehead atoms. The molecular weight excluding hydrogens is 646 g/mol. The summed E-state index contributed by atoms with van der Waals surface area (Å²) >= 11 is 13.9. The lowest BCUT2D eigenvalue weighted by Crippen LogP contribution is -2.42. The number of sulfonamides is 1. The monoisotopic (exact) mass is 662 g/mol. The number of anilines is 1. The van der Waals surface area contributed by atoms with Crippen molar-refractivity contribution in [1.82, 2.24) is 5.32 Å². The third kappa shape index (κ3) is 5.80. The maximum atomic E-state index is 13.2. The number of halogens is 3. The molecule has 0 unspecified atom stereocenters. The van der Waals surface area contributed by atoms with Crippen molar-refractivity contribution in [2.24, 2.45) is 0 Å². The van der Waals surface area contributed by atoms with Gasteiger partial charge >= 0.3 is 5.97 Å². The van der Waals surface area contributed by atoms with Gasteiger partial charge in [0.15, 0.2) is 11.5 Å². The summed E-state index contributed by atoms with van der Waals surface area (Å²) in [7, 11) is -4.20. The highest BCUT2D eigenvalue weighted by Crippen LogP contribution is 2.38. The highest BCUT2D eigenvalue weighted by atomic mass is 127. The molecule has 1 aliphatic rings. The number of amides is 1. The van der Waals surface area contributed by atoms with Gasteiger partial charge in [-0.3, -0.25) is 9.52 Å². The second kappa shape index (κ2) is 10.7. The Morgan fingerprint density at radius 2 is 1.83 bits per heavy atom. The molecule has 3 aromatic rings. The SMILES string of the molecule is O=C(N[C@@H](Cc1ccc(Cl)c(Cl)c1)C(=O)O)c1ccc(I)cc1NS(=O)(=O)c1cccc2c1OCO2. The fourth-order valence-corrected chi connectivity index (χ4v) is 5.49. The number of hydrogen-bond donors (Lipinski definition) is 3. The van der Waals surface area contributed by atoms with Crippen molar-refractivity contribution >= 4 is 73.4 Å². The number of fused-ring (bicyclic) bond motifs is 1. The van der Waals surface area contributed by atoms with Gasteiger partial charge in [0, 0.05) is 9.99 Å². The molecule has 3 aromatic carbocycles. The Kier molecular flexibility index (Phi) is 7.83. The second-order valence-electron chi connectivity index (χ2n) is 7.60. The van der Waals surface area contributed by atoms with E-state index >= 15 is 0 Å². The maximum absolute atomic E-state index is 13.2. The van der Waals surface area contributed by atoms with E-state index in [2.05, 4.69) is 10.0 Å². The zero-order valence-electron chi connectivity index (χ0n) is 18.1. The standard InChI is InChI=1S/C23H17Cl2IN2O7S/c24-15-7-4-12(8-16(15)25)9-18(23(30)31)27-22(29)14-6-5-13(26)10-17(14)28-36(32,33)20-3-1-2-19-21(20)35-11-34-19/h1-8,10,18,28H,9,11H2,(H,27,29)(H,30,31)/t18-/m0/s1. The number of benzene rings is 3. The maximum Gasteiger partial charge on any atom is 0.326 e. The van der Waals surface area contributed by atoms with E-state index in [0.717, 1.165) is 0 Å². The van der Waals surface area contributed by atoms with E-state index in [4.69, 9.17) is 32.7 Å². The van der Waals surface area contributed by atoms with Gasteiger partial charge in [0.05, 0.1) is 21.3 Å². The van der Waals surface area contributed by atoms with Crippen LogP contribution in [0.5, 0.6) is 11.5 Å². The number of carboxylic acid groups (broad SMARTS) is 1. The first-order valence-corrected chi connectivity index (χ1v) is 13.6. The molecule has 1 amide bonds. The largest absolute Gasteiger partial charge is 0.480 e. The highest BCUT2D eigenvalue weighted by molar-refractivity contribution is 14.1. The van der Waals surface area contributed by atoms with Crippen molar-refractivity contribution in [1.29, 1.82) is 0 Å². The van der Waals surface area contributed by atoms with Crippen molar-refractivity contribution in [3.05, 3.63) is 79.3 Å². The summed E-state index contributed by atoms with van der Waals surface area (Å²) in [6.07, 6.45) is -0.0725. The molecule has 0 spiro atoms.